The zero-order valence-electron chi connectivity index (χ0n) is 12.4. The van der Waals surface area contributed by atoms with Crippen molar-refractivity contribution < 1.29 is 9.47 Å². The Kier molecular flexibility index (Phi) is 5.64. The molecule has 6 heteroatoms. The first-order chi connectivity index (χ1) is 10.2. The van der Waals surface area contributed by atoms with Gasteiger partial charge in [0.15, 0.2) is 11.5 Å². The van der Waals surface area contributed by atoms with E-state index in [2.05, 4.69) is 38.1 Å². The maximum absolute atomic E-state index is 5.59. The van der Waals surface area contributed by atoms with Gasteiger partial charge in [-0.3, -0.25) is 0 Å². The fourth-order valence-electron chi connectivity index (χ4n) is 2.04. The molecule has 0 amide bonds. The van der Waals surface area contributed by atoms with Crippen molar-refractivity contribution in [1.82, 2.24) is 15.3 Å². The van der Waals surface area contributed by atoms with Gasteiger partial charge in [-0.05, 0) is 47.5 Å². The quantitative estimate of drug-likeness (QED) is 0.800. The molecule has 0 fully saturated rings. The van der Waals surface area contributed by atoms with E-state index in [1.807, 2.05) is 25.3 Å². The number of H-pyrrole nitrogens is 1. The second-order valence-corrected chi connectivity index (χ2v) is 5.47. The summed E-state index contributed by atoms with van der Waals surface area (Å²) in [6.07, 6.45) is 3.58. The molecule has 0 aliphatic rings. The number of rotatable bonds is 7. The van der Waals surface area contributed by atoms with E-state index >= 15 is 0 Å². The average Bonchev–Trinajstić information content (AvgIpc) is 3.01. The van der Waals surface area contributed by atoms with Crippen molar-refractivity contribution in [3.8, 4) is 11.5 Å². The minimum atomic E-state index is 0.149. The van der Waals surface area contributed by atoms with Gasteiger partial charge in [0.25, 0.3) is 0 Å². The van der Waals surface area contributed by atoms with E-state index in [9.17, 15) is 0 Å². The number of aromatic nitrogens is 2. The Morgan fingerprint density at radius 3 is 2.86 bits per heavy atom. The van der Waals surface area contributed by atoms with Crippen LogP contribution in [0.5, 0.6) is 11.5 Å². The van der Waals surface area contributed by atoms with E-state index in [0.29, 0.717) is 13.2 Å². The number of ether oxygens (including phenoxy) is 2. The van der Waals surface area contributed by atoms with Crippen molar-refractivity contribution in [2.45, 2.75) is 26.4 Å². The summed E-state index contributed by atoms with van der Waals surface area (Å²) in [7, 11) is 1.65. The van der Waals surface area contributed by atoms with Gasteiger partial charge in [0.1, 0.15) is 5.82 Å². The lowest BCUT2D eigenvalue weighted by Gasteiger charge is -2.15. The molecule has 2 aromatic rings. The van der Waals surface area contributed by atoms with Crippen molar-refractivity contribution >= 4 is 15.9 Å². The molecule has 1 unspecified atom stereocenters. The van der Waals surface area contributed by atoms with Gasteiger partial charge in [0.2, 0.25) is 0 Å². The summed E-state index contributed by atoms with van der Waals surface area (Å²) in [5, 5.41) is 3.42. The normalized spacial score (nSPS) is 12.2. The van der Waals surface area contributed by atoms with E-state index in [1.54, 1.807) is 13.3 Å². The Morgan fingerprint density at radius 2 is 2.24 bits per heavy atom. The Hall–Kier alpha value is -1.53. The summed E-state index contributed by atoms with van der Waals surface area (Å²) in [4.78, 5) is 7.35. The molecule has 1 heterocycles. The zero-order valence-corrected chi connectivity index (χ0v) is 14.0. The molecule has 1 aromatic carbocycles. The summed E-state index contributed by atoms with van der Waals surface area (Å²) < 4.78 is 11.9. The van der Waals surface area contributed by atoms with Crippen molar-refractivity contribution in [1.29, 1.82) is 0 Å². The number of halogens is 1. The summed E-state index contributed by atoms with van der Waals surface area (Å²) in [6, 6.07) is 4.17. The largest absolute Gasteiger partial charge is 0.493 e. The van der Waals surface area contributed by atoms with Gasteiger partial charge >= 0.3 is 0 Å². The van der Waals surface area contributed by atoms with Gasteiger partial charge in [0.05, 0.1) is 24.2 Å². The molecule has 1 aromatic heterocycles. The third-order valence-corrected chi connectivity index (χ3v) is 3.71. The molecule has 0 spiro atoms. The molecule has 21 heavy (non-hydrogen) atoms. The average molecular weight is 354 g/mol. The highest BCUT2D eigenvalue weighted by molar-refractivity contribution is 9.10. The van der Waals surface area contributed by atoms with Crippen LogP contribution in [0.2, 0.25) is 0 Å². The summed E-state index contributed by atoms with van der Waals surface area (Å²) in [5.41, 5.74) is 1.11. The lowest BCUT2D eigenvalue weighted by molar-refractivity contribution is 0.308. The number of aromatic amines is 1. The first kappa shape index (κ1) is 15.9. The first-order valence-corrected chi connectivity index (χ1v) is 7.66. The molecular formula is C15H20BrN3O2. The van der Waals surface area contributed by atoms with Crippen LogP contribution >= 0.6 is 15.9 Å². The smallest absolute Gasteiger partial charge is 0.175 e. The Balaban J connectivity index is 2.08. The molecule has 0 radical (unpaired) electrons. The van der Waals surface area contributed by atoms with E-state index in [-0.39, 0.29) is 6.04 Å². The summed E-state index contributed by atoms with van der Waals surface area (Å²) >= 11 is 3.53. The number of hydrogen-bond donors (Lipinski definition) is 2. The van der Waals surface area contributed by atoms with Crippen LogP contribution in [0.4, 0.5) is 0 Å². The second kappa shape index (κ2) is 7.47. The van der Waals surface area contributed by atoms with Crippen molar-refractivity contribution in [2.24, 2.45) is 0 Å². The lowest BCUT2D eigenvalue weighted by Crippen LogP contribution is -2.19. The zero-order chi connectivity index (χ0) is 15.2. The predicted octanol–water partition coefficient (Wildman–Crippen LogP) is 3.43. The molecule has 5 nitrogen and oxygen atoms in total. The lowest BCUT2D eigenvalue weighted by atomic mass is 10.2. The van der Waals surface area contributed by atoms with Gasteiger partial charge in [-0.25, -0.2) is 4.98 Å². The monoisotopic (exact) mass is 353 g/mol. The number of imidazole rings is 1. The van der Waals surface area contributed by atoms with Crippen molar-refractivity contribution in [2.75, 3.05) is 13.7 Å². The van der Waals surface area contributed by atoms with Crippen molar-refractivity contribution in [3.63, 3.8) is 0 Å². The van der Waals surface area contributed by atoms with E-state index in [1.165, 1.54) is 0 Å². The topological polar surface area (TPSA) is 59.2 Å². The number of hydrogen-bond acceptors (Lipinski definition) is 4. The van der Waals surface area contributed by atoms with Crippen LogP contribution in [0, 0.1) is 0 Å². The second-order valence-electron chi connectivity index (χ2n) is 4.62. The molecule has 0 aliphatic carbocycles. The summed E-state index contributed by atoms with van der Waals surface area (Å²) in [5.74, 6) is 2.39. The number of nitrogens with one attached hydrogen (secondary N) is 2. The number of methoxy groups -OCH3 is 1. The van der Waals surface area contributed by atoms with Crippen LogP contribution in [-0.4, -0.2) is 23.7 Å². The minimum Gasteiger partial charge on any atom is -0.493 e. The van der Waals surface area contributed by atoms with Crippen LogP contribution in [0.1, 0.15) is 31.3 Å². The molecule has 2 N–H and O–H groups in total. The SMILES string of the molecule is CCOc1c(Br)cc(CNC(C)c2ncc[nH]2)cc1OC. The highest BCUT2D eigenvalue weighted by Gasteiger charge is 2.12. The standard InChI is InChI=1S/C15H20BrN3O2/c1-4-21-14-12(16)7-11(8-13(14)20-3)9-19-10(2)15-17-5-6-18-15/h5-8,10,19H,4,9H2,1-3H3,(H,17,18). The first-order valence-electron chi connectivity index (χ1n) is 6.87. The molecular weight excluding hydrogens is 334 g/mol. The van der Waals surface area contributed by atoms with Crippen LogP contribution in [0.25, 0.3) is 0 Å². The fraction of sp³-hybridized carbons (Fsp3) is 0.400. The summed E-state index contributed by atoms with van der Waals surface area (Å²) in [6.45, 7) is 5.33. The Morgan fingerprint density at radius 1 is 1.43 bits per heavy atom. The highest BCUT2D eigenvalue weighted by Crippen LogP contribution is 2.36. The van der Waals surface area contributed by atoms with Crippen LogP contribution < -0.4 is 14.8 Å². The fourth-order valence-corrected chi connectivity index (χ4v) is 2.65. The molecule has 0 saturated heterocycles. The Bertz CT molecular complexity index is 573. The van der Waals surface area contributed by atoms with E-state index < -0.39 is 0 Å². The molecule has 0 aliphatic heterocycles. The molecule has 1 atom stereocenters. The molecule has 114 valence electrons. The maximum atomic E-state index is 5.59. The van der Waals surface area contributed by atoms with E-state index in [4.69, 9.17) is 9.47 Å². The molecule has 0 saturated carbocycles. The number of nitrogens with zero attached hydrogens (tertiary/aromatic N) is 1. The van der Waals surface area contributed by atoms with Crippen LogP contribution in [0.3, 0.4) is 0 Å². The third-order valence-electron chi connectivity index (χ3n) is 3.12. The van der Waals surface area contributed by atoms with E-state index in [0.717, 1.165) is 27.4 Å². The minimum absolute atomic E-state index is 0.149. The van der Waals surface area contributed by atoms with Crippen LogP contribution in [0.15, 0.2) is 29.0 Å². The van der Waals surface area contributed by atoms with Gasteiger partial charge in [-0.2, -0.15) is 0 Å². The van der Waals surface area contributed by atoms with Crippen molar-refractivity contribution in [3.05, 3.63) is 40.4 Å². The molecule has 0 bridgehead atoms. The van der Waals surface area contributed by atoms with Crippen LogP contribution in [-0.2, 0) is 6.54 Å². The van der Waals surface area contributed by atoms with Gasteiger partial charge in [-0.15, -0.1) is 0 Å². The maximum Gasteiger partial charge on any atom is 0.175 e. The number of benzene rings is 1. The van der Waals surface area contributed by atoms with Gasteiger partial charge in [0, 0.05) is 18.9 Å². The Labute approximate surface area is 133 Å². The third kappa shape index (κ3) is 3.98. The van der Waals surface area contributed by atoms with Gasteiger partial charge < -0.3 is 19.8 Å². The predicted molar refractivity (Wildman–Crippen MR) is 85.7 cm³/mol. The molecule has 2 rings (SSSR count). The van der Waals surface area contributed by atoms with Gasteiger partial charge in [-0.1, -0.05) is 0 Å². The highest BCUT2D eigenvalue weighted by atomic mass is 79.9.